The fourth-order valence-electron chi connectivity index (χ4n) is 4.07. The van der Waals surface area contributed by atoms with E-state index >= 15 is 0 Å². The van der Waals surface area contributed by atoms with E-state index in [0.29, 0.717) is 5.92 Å². The van der Waals surface area contributed by atoms with Crippen LogP contribution < -0.4 is 5.32 Å². The van der Waals surface area contributed by atoms with Gasteiger partial charge in [0.1, 0.15) is 11.6 Å². The Morgan fingerprint density at radius 2 is 2.03 bits per heavy atom. The molecule has 1 saturated heterocycles. The van der Waals surface area contributed by atoms with E-state index in [2.05, 4.69) is 28.7 Å². The Kier molecular flexibility index (Phi) is 6.21. The Labute approximate surface area is 175 Å². The fraction of sp³-hybridized carbons (Fsp3) is 0.391. The van der Waals surface area contributed by atoms with Crippen molar-refractivity contribution in [3.05, 3.63) is 47.8 Å². The molecule has 29 heavy (non-hydrogen) atoms. The van der Waals surface area contributed by atoms with Gasteiger partial charge in [-0.15, -0.1) is 0 Å². The van der Waals surface area contributed by atoms with Crippen LogP contribution in [0.3, 0.4) is 0 Å². The standard InChI is InChI=1S/C23H27N3O2S/c1-15-13-17(5-8-24-15)21-19-4-3-18(27)14-20(19)26-23(25-9-12-29-2)22(21)16-6-10-28-11-7-16/h3-5,8,13-14,16,27H,6-7,9-12H2,1-2H3,(H,25,26). The van der Waals surface area contributed by atoms with Gasteiger partial charge < -0.3 is 15.2 Å². The van der Waals surface area contributed by atoms with Crippen molar-refractivity contribution in [2.24, 2.45) is 0 Å². The monoisotopic (exact) mass is 409 g/mol. The van der Waals surface area contributed by atoms with Crippen LogP contribution in [0.4, 0.5) is 5.82 Å². The first-order chi connectivity index (χ1) is 14.2. The van der Waals surface area contributed by atoms with Crippen molar-refractivity contribution in [3.8, 4) is 16.9 Å². The number of benzene rings is 1. The number of hydrogen-bond acceptors (Lipinski definition) is 6. The lowest BCUT2D eigenvalue weighted by Crippen LogP contribution is -2.18. The summed E-state index contributed by atoms with van der Waals surface area (Å²) in [6, 6.07) is 9.69. The summed E-state index contributed by atoms with van der Waals surface area (Å²) >= 11 is 1.81. The third-order valence-corrected chi connectivity index (χ3v) is 6.03. The van der Waals surface area contributed by atoms with Crippen LogP contribution in [0.1, 0.15) is 30.0 Å². The van der Waals surface area contributed by atoms with Gasteiger partial charge in [-0.25, -0.2) is 4.98 Å². The number of nitrogens with one attached hydrogen (secondary N) is 1. The second kappa shape index (κ2) is 9.01. The van der Waals surface area contributed by atoms with Crippen molar-refractivity contribution >= 4 is 28.5 Å². The molecule has 3 aromatic rings. The van der Waals surface area contributed by atoms with Crippen molar-refractivity contribution < 1.29 is 9.84 Å². The quantitative estimate of drug-likeness (QED) is 0.560. The molecule has 3 heterocycles. The molecule has 4 rings (SSSR count). The third-order valence-electron chi connectivity index (χ3n) is 5.42. The molecule has 1 aliphatic rings. The molecule has 2 aromatic heterocycles. The van der Waals surface area contributed by atoms with Crippen molar-refractivity contribution in [2.45, 2.75) is 25.7 Å². The van der Waals surface area contributed by atoms with E-state index in [9.17, 15) is 5.11 Å². The van der Waals surface area contributed by atoms with Crippen molar-refractivity contribution in [1.82, 2.24) is 9.97 Å². The molecule has 6 heteroatoms. The van der Waals surface area contributed by atoms with Gasteiger partial charge in [0.15, 0.2) is 0 Å². The first-order valence-electron chi connectivity index (χ1n) is 10.1. The van der Waals surface area contributed by atoms with E-state index < -0.39 is 0 Å². The predicted molar refractivity (Wildman–Crippen MR) is 121 cm³/mol. The maximum absolute atomic E-state index is 10.1. The van der Waals surface area contributed by atoms with Gasteiger partial charge >= 0.3 is 0 Å². The van der Waals surface area contributed by atoms with Gasteiger partial charge in [-0.2, -0.15) is 11.8 Å². The molecule has 0 bridgehead atoms. The number of aromatic hydroxyl groups is 1. The van der Waals surface area contributed by atoms with E-state index in [1.165, 1.54) is 11.1 Å². The van der Waals surface area contributed by atoms with Gasteiger partial charge in [-0.3, -0.25) is 4.98 Å². The highest BCUT2D eigenvalue weighted by Crippen LogP contribution is 2.43. The maximum atomic E-state index is 10.1. The lowest BCUT2D eigenvalue weighted by Gasteiger charge is -2.28. The molecule has 0 atom stereocenters. The average molecular weight is 410 g/mol. The molecule has 0 unspecified atom stereocenters. The number of rotatable bonds is 6. The molecule has 0 radical (unpaired) electrons. The van der Waals surface area contributed by atoms with Crippen molar-refractivity contribution in [3.63, 3.8) is 0 Å². The van der Waals surface area contributed by atoms with Crippen LogP contribution in [-0.4, -0.2) is 46.8 Å². The van der Waals surface area contributed by atoms with Crippen LogP contribution in [0.25, 0.3) is 22.0 Å². The summed E-state index contributed by atoms with van der Waals surface area (Å²) in [4.78, 5) is 9.35. The molecule has 152 valence electrons. The summed E-state index contributed by atoms with van der Waals surface area (Å²) < 4.78 is 5.64. The van der Waals surface area contributed by atoms with Gasteiger partial charge in [0.25, 0.3) is 0 Å². The number of thioether (sulfide) groups is 1. The summed E-state index contributed by atoms with van der Waals surface area (Å²) in [5.74, 6) is 2.55. The molecule has 1 aliphatic heterocycles. The average Bonchev–Trinajstić information content (AvgIpc) is 2.73. The number of ether oxygens (including phenoxy) is 1. The Balaban J connectivity index is 1.98. The van der Waals surface area contributed by atoms with E-state index in [1.54, 1.807) is 12.1 Å². The Morgan fingerprint density at radius 3 is 2.79 bits per heavy atom. The minimum atomic E-state index is 0.232. The topological polar surface area (TPSA) is 67.3 Å². The summed E-state index contributed by atoms with van der Waals surface area (Å²) in [5, 5.41) is 14.7. The Hall–Kier alpha value is -2.31. The van der Waals surface area contributed by atoms with Gasteiger partial charge in [0.2, 0.25) is 0 Å². The second-order valence-corrected chi connectivity index (χ2v) is 8.43. The lowest BCUT2D eigenvalue weighted by molar-refractivity contribution is 0.0855. The fourth-order valence-corrected chi connectivity index (χ4v) is 4.38. The van der Waals surface area contributed by atoms with Crippen molar-refractivity contribution in [2.75, 3.05) is 37.1 Å². The molecule has 0 aliphatic carbocycles. The van der Waals surface area contributed by atoms with Crippen LogP contribution in [0.5, 0.6) is 5.75 Å². The number of hydrogen-bond donors (Lipinski definition) is 2. The Morgan fingerprint density at radius 1 is 1.21 bits per heavy atom. The largest absolute Gasteiger partial charge is 0.508 e. The number of aromatic nitrogens is 2. The molecule has 5 nitrogen and oxygen atoms in total. The predicted octanol–water partition coefficient (Wildman–Crippen LogP) is 4.98. The minimum Gasteiger partial charge on any atom is -0.508 e. The van der Waals surface area contributed by atoms with Crippen LogP contribution >= 0.6 is 11.8 Å². The molecule has 1 aromatic carbocycles. The van der Waals surface area contributed by atoms with Gasteiger partial charge in [-0.05, 0) is 67.3 Å². The van der Waals surface area contributed by atoms with Gasteiger partial charge in [0.05, 0.1) is 5.52 Å². The highest BCUT2D eigenvalue weighted by atomic mass is 32.2. The van der Waals surface area contributed by atoms with Crippen LogP contribution in [0.2, 0.25) is 0 Å². The zero-order valence-electron chi connectivity index (χ0n) is 16.9. The van der Waals surface area contributed by atoms with Gasteiger partial charge in [-0.1, -0.05) is 0 Å². The zero-order chi connectivity index (χ0) is 20.2. The van der Waals surface area contributed by atoms with Gasteiger partial charge in [0, 0.05) is 54.4 Å². The van der Waals surface area contributed by atoms with Crippen LogP contribution in [0.15, 0.2) is 36.5 Å². The van der Waals surface area contributed by atoms with Crippen LogP contribution in [0, 0.1) is 6.92 Å². The maximum Gasteiger partial charge on any atom is 0.130 e. The number of phenolic OH excluding ortho intramolecular Hbond substituents is 1. The normalized spacial score (nSPS) is 15.0. The van der Waals surface area contributed by atoms with E-state index in [1.807, 2.05) is 30.9 Å². The first kappa shape index (κ1) is 20.0. The summed E-state index contributed by atoms with van der Waals surface area (Å²) in [6.45, 7) is 4.42. The zero-order valence-corrected chi connectivity index (χ0v) is 17.8. The number of pyridine rings is 2. The molecular formula is C23H27N3O2S. The number of anilines is 1. The molecule has 0 amide bonds. The number of phenols is 1. The highest BCUT2D eigenvalue weighted by molar-refractivity contribution is 7.98. The second-order valence-electron chi connectivity index (χ2n) is 7.44. The summed E-state index contributed by atoms with van der Waals surface area (Å²) in [5.41, 5.74) is 5.39. The molecular weight excluding hydrogens is 382 g/mol. The molecule has 2 N–H and O–H groups in total. The van der Waals surface area contributed by atoms with Crippen LogP contribution in [-0.2, 0) is 4.74 Å². The summed E-state index contributed by atoms with van der Waals surface area (Å²) in [7, 11) is 0. The number of aryl methyl sites for hydroxylation is 1. The van der Waals surface area contributed by atoms with E-state index in [0.717, 1.165) is 66.3 Å². The smallest absolute Gasteiger partial charge is 0.130 e. The molecule has 1 fully saturated rings. The Bertz CT molecular complexity index is 1000. The van der Waals surface area contributed by atoms with Crippen molar-refractivity contribution in [1.29, 1.82) is 0 Å². The highest BCUT2D eigenvalue weighted by Gasteiger charge is 2.26. The third kappa shape index (κ3) is 4.33. The number of fused-ring (bicyclic) bond motifs is 1. The molecule has 0 spiro atoms. The lowest BCUT2D eigenvalue weighted by atomic mass is 9.84. The SMILES string of the molecule is CSCCNc1nc2cc(O)ccc2c(-c2ccnc(C)c2)c1C1CCOCC1. The molecule has 0 saturated carbocycles. The number of nitrogens with zero attached hydrogens (tertiary/aromatic N) is 2. The van der Waals surface area contributed by atoms with E-state index in [4.69, 9.17) is 9.72 Å². The van der Waals surface area contributed by atoms with E-state index in [-0.39, 0.29) is 5.75 Å². The first-order valence-corrected chi connectivity index (χ1v) is 11.5. The summed E-state index contributed by atoms with van der Waals surface area (Å²) in [6.07, 6.45) is 5.95. The minimum absolute atomic E-state index is 0.232.